The van der Waals surface area contributed by atoms with Crippen molar-refractivity contribution in [2.24, 2.45) is 0 Å². The summed E-state index contributed by atoms with van der Waals surface area (Å²) in [5, 5.41) is 1.94. The summed E-state index contributed by atoms with van der Waals surface area (Å²) < 4.78 is 23.8. The van der Waals surface area contributed by atoms with Gasteiger partial charge in [-0.05, 0) is 19.9 Å². The number of benzene rings is 1. The lowest BCUT2D eigenvalue weighted by atomic mass is 10.2. The normalized spacial score (nSPS) is 13.2. The monoisotopic (exact) mass is 284 g/mol. The minimum atomic E-state index is -3.18. The largest absolute Gasteiger partial charge is 0.392 e. The van der Waals surface area contributed by atoms with Crippen LogP contribution in [-0.4, -0.2) is 19.8 Å². The molecule has 19 heavy (non-hydrogen) atoms. The molecule has 106 valence electrons. The van der Waals surface area contributed by atoms with Gasteiger partial charge in [0.25, 0.3) is 0 Å². The second-order valence-corrected chi connectivity index (χ2v) is 6.14. The zero-order chi connectivity index (χ0) is 14.1. The lowest BCUT2D eigenvalue weighted by Crippen LogP contribution is -2.84. The van der Waals surface area contributed by atoms with Crippen LogP contribution in [0.5, 0.6) is 0 Å². The van der Waals surface area contributed by atoms with Gasteiger partial charge in [-0.3, -0.25) is 4.57 Å². The second kappa shape index (κ2) is 8.28. The molecule has 0 bridgehead atoms. The standard InChI is InChI=1S/C14H22NO3P/c1-4-12-15-14(13-10-8-7-9-11-13)19(16,17-5-2)18-6-3/h4,7-11,14-15H,1,5-6,12H2,2-3H3/p+1/t14-/m0/s1. The van der Waals surface area contributed by atoms with Crippen molar-refractivity contribution in [2.75, 3.05) is 19.8 Å². The quantitative estimate of drug-likeness (QED) is 0.560. The lowest BCUT2D eigenvalue weighted by Gasteiger charge is -2.24. The molecule has 5 heteroatoms. The highest BCUT2D eigenvalue weighted by Gasteiger charge is 2.39. The van der Waals surface area contributed by atoms with E-state index >= 15 is 0 Å². The third-order valence-corrected chi connectivity index (χ3v) is 5.05. The third kappa shape index (κ3) is 4.59. The van der Waals surface area contributed by atoms with Crippen molar-refractivity contribution in [1.82, 2.24) is 0 Å². The van der Waals surface area contributed by atoms with Crippen molar-refractivity contribution >= 4 is 7.60 Å². The second-order valence-electron chi connectivity index (χ2n) is 3.99. The van der Waals surface area contributed by atoms with Gasteiger partial charge < -0.3 is 14.4 Å². The first-order valence-corrected chi connectivity index (χ1v) is 8.17. The van der Waals surface area contributed by atoms with E-state index in [0.29, 0.717) is 19.8 Å². The zero-order valence-electron chi connectivity index (χ0n) is 11.6. The molecule has 0 amide bonds. The molecular formula is C14H23NO3P+. The first-order chi connectivity index (χ1) is 9.18. The maximum absolute atomic E-state index is 12.9. The summed E-state index contributed by atoms with van der Waals surface area (Å²) in [7, 11) is -3.18. The van der Waals surface area contributed by atoms with Crippen LogP contribution in [0.2, 0.25) is 0 Å². The molecule has 0 saturated heterocycles. The van der Waals surface area contributed by atoms with Crippen LogP contribution in [0.4, 0.5) is 0 Å². The minimum absolute atomic E-state index is 0.355. The van der Waals surface area contributed by atoms with Crippen LogP contribution in [0.1, 0.15) is 25.2 Å². The Balaban J connectivity index is 3.06. The Hall–Kier alpha value is -0.930. The average Bonchev–Trinajstić information content (AvgIpc) is 2.41. The molecule has 0 spiro atoms. The van der Waals surface area contributed by atoms with Crippen LogP contribution in [0, 0.1) is 0 Å². The average molecular weight is 284 g/mol. The van der Waals surface area contributed by atoms with Crippen molar-refractivity contribution in [3.05, 3.63) is 48.6 Å². The van der Waals surface area contributed by atoms with E-state index in [0.717, 1.165) is 5.56 Å². The summed E-state index contributed by atoms with van der Waals surface area (Å²) in [6.07, 6.45) is 1.78. The summed E-state index contributed by atoms with van der Waals surface area (Å²) in [5.74, 6) is -0.355. The van der Waals surface area contributed by atoms with Gasteiger partial charge in [0.15, 0.2) is 0 Å². The first kappa shape index (κ1) is 16.1. The molecule has 0 aliphatic rings. The highest BCUT2D eigenvalue weighted by Crippen LogP contribution is 2.57. The van der Waals surface area contributed by atoms with Gasteiger partial charge in [-0.15, -0.1) is 0 Å². The maximum Gasteiger partial charge on any atom is 0.392 e. The Bertz CT molecular complexity index is 412. The number of nitrogens with two attached hydrogens (primary N) is 1. The molecule has 0 heterocycles. The molecule has 0 aliphatic carbocycles. The first-order valence-electron chi connectivity index (χ1n) is 6.55. The van der Waals surface area contributed by atoms with E-state index in [-0.39, 0.29) is 5.78 Å². The van der Waals surface area contributed by atoms with Gasteiger partial charge in [0.1, 0.15) is 0 Å². The van der Waals surface area contributed by atoms with Gasteiger partial charge in [0.2, 0.25) is 5.78 Å². The molecule has 0 aromatic heterocycles. The molecule has 2 N–H and O–H groups in total. The summed E-state index contributed by atoms with van der Waals surface area (Å²) in [6.45, 7) is 8.72. The molecule has 1 atom stereocenters. The smallest absolute Gasteiger partial charge is 0.327 e. The highest BCUT2D eigenvalue weighted by atomic mass is 31.2. The van der Waals surface area contributed by atoms with Crippen molar-refractivity contribution in [1.29, 1.82) is 0 Å². The molecule has 1 rings (SSSR count). The molecular weight excluding hydrogens is 261 g/mol. The summed E-state index contributed by atoms with van der Waals surface area (Å²) >= 11 is 0. The Morgan fingerprint density at radius 3 is 2.32 bits per heavy atom. The molecule has 0 fully saturated rings. The van der Waals surface area contributed by atoms with Crippen LogP contribution in [0.3, 0.4) is 0 Å². The van der Waals surface area contributed by atoms with E-state index in [2.05, 4.69) is 6.58 Å². The SMILES string of the molecule is C=CC[NH2+][C@H](c1ccccc1)P(=O)(OCC)OCC. The summed E-state index contributed by atoms with van der Waals surface area (Å²) in [4.78, 5) is 0. The predicted molar refractivity (Wildman–Crippen MR) is 77.0 cm³/mol. The number of hydrogen-bond acceptors (Lipinski definition) is 3. The summed E-state index contributed by atoms with van der Waals surface area (Å²) in [5.41, 5.74) is 0.939. The Labute approximate surface area is 115 Å². The van der Waals surface area contributed by atoms with Gasteiger partial charge in [-0.25, -0.2) is 0 Å². The number of hydrogen-bond donors (Lipinski definition) is 1. The predicted octanol–water partition coefficient (Wildman–Crippen LogP) is 2.70. The van der Waals surface area contributed by atoms with Gasteiger partial charge in [0, 0.05) is 5.56 Å². The van der Waals surface area contributed by atoms with E-state index in [1.54, 1.807) is 6.08 Å². The van der Waals surface area contributed by atoms with E-state index in [9.17, 15) is 4.57 Å². The van der Waals surface area contributed by atoms with Gasteiger partial charge >= 0.3 is 7.60 Å². The van der Waals surface area contributed by atoms with Crippen molar-refractivity contribution in [3.63, 3.8) is 0 Å². The summed E-state index contributed by atoms with van der Waals surface area (Å²) in [6, 6.07) is 9.66. The van der Waals surface area contributed by atoms with Crippen LogP contribution in [-0.2, 0) is 13.6 Å². The van der Waals surface area contributed by atoms with Crippen LogP contribution in [0.25, 0.3) is 0 Å². The topological polar surface area (TPSA) is 52.1 Å². The lowest BCUT2D eigenvalue weighted by molar-refractivity contribution is -0.669. The Morgan fingerprint density at radius 1 is 1.26 bits per heavy atom. The Kier molecular flexibility index (Phi) is 7.03. The molecule has 0 unspecified atom stereocenters. The molecule has 0 aliphatic heterocycles. The maximum atomic E-state index is 12.9. The van der Waals surface area contributed by atoms with E-state index in [1.165, 1.54) is 0 Å². The number of rotatable bonds is 9. The van der Waals surface area contributed by atoms with Crippen LogP contribution < -0.4 is 5.32 Å². The fourth-order valence-electron chi connectivity index (χ4n) is 1.88. The molecule has 1 aromatic carbocycles. The third-order valence-electron chi connectivity index (χ3n) is 2.63. The van der Waals surface area contributed by atoms with Gasteiger partial charge in [-0.1, -0.05) is 36.9 Å². The minimum Gasteiger partial charge on any atom is -0.327 e. The highest BCUT2D eigenvalue weighted by molar-refractivity contribution is 7.53. The van der Waals surface area contributed by atoms with E-state index < -0.39 is 7.60 Å². The molecule has 4 nitrogen and oxygen atoms in total. The van der Waals surface area contributed by atoms with Gasteiger partial charge in [0.05, 0.1) is 19.8 Å². The molecule has 0 radical (unpaired) electrons. The van der Waals surface area contributed by atoms with Crippen molar-refractivity contribution in [2.45, 2.75) is 19.6 Å². The molecule has 1 aromatic rings. The molecule has 0 saturated carbocycles. The van der Waals surface area contributed by atoms with Crippen LogP contribution in [0.15, 0.2) is 43.0 Å². The zero-order valence-corrected chi connectivity index (χ0v) is 12.5. The fourth-order valence-corrected chi connectivity index (χ4v) is 3.91. The van der Waals surface area contributed by atoms with Crippen molar-refractivity contribution < 1.29 is 18.9 Å². The van der Waals surface area contributed by atoms with Crippen molar-refractivity contribution in [3.8, 4) is 0 Å². The Morgan fingerprint density at radius 2 is 1.84 bits per heavy atom. The fraction of sp³-hybridized carbons (Fsp3) is 0.429. The van der Waals surface area contributed by atoms with Crippen LogP contribution >= 0.6 is 7.60 Å². The van der Waals surface area contributed by atoms with E-state index in [4.69, 9.17) is 9.05 Å². The number of quaternary nitrogens is 1. The van der Waals surface area contributed by atoms with Gasteiger partial charge in [-0.2, -0.15) is 0 Å². The van der Waals surface area contributed by atoms with E-state index in [1.807, 2.05) is 49.5 Å².